The van der Waals surface area contributed by atoms with Crippen molar-refractivity contribution < 1.29 is 5.11 Å². The van der Waals surface area contributed by atoms with Crippen molar-refractivity contribution in [2.24, 2.45) is 0 Å². The number of nitrogens with zero attached hydrogens (tertiary/aromatic N) is 1. The molecule has 12 heavy (non-hydrogen) atoms. The summed E-state index contributed by atoms with van der Waals surface area (Å²) in [5.74, 6) is 0. The van der Waals surface area contributed by atoms with E-state index in [2.05, 4.69) is 10.2 Å². The van der Waals surface area contributed by atoms with Gasteiger partial charge in [-0.25, -0.2) is 0 Å². The van der Waals surface area contributed by atoms with Crippen LogP contribution in [-0.4, -0.2) is 48.3 Å². The van der Waals surface area contributed by atoms with Crippen LogP contribution in [0.15, 0.2) is 0 Å². The van der Waals surface area contributed by atoms with Gasteiger partial charge in [0.15, 0.2) is 0 Å². The van der Waals surface area contributed by atoms with E-state index in [4.69, 9.17) is 0 Å². The van der Waals surface area contributed by atoms with Crippen molar-refractivity contribution in [2.45, 2.75) is 24.9 Å². The minimum Gasteiger partial charge on any atom is -0.389 e. The van der Waals surface area contributed by atoms with Crippen molar-refractivity contribution in [3.05, 3.63) is 0 Å². The maximum atomic E-state index is 9.90. The number of hydrogen-bond acceptors (Lipinski definition) is 3. The van der Waals surface area contributed by atoms with Crippen LogP contribution >= 0.6 is 0 Å². The van der Waals surface area contributed by atoms with Crippen LogP contribution in [0.4, 0.5) is 0 Å². The zero-order valence-electron chi connectivity index (χ0n) is 7.55. The highest BCUT2D eigenvalue weighted by molar-refractivity contribution is 4.91. The van der Waals surface area contributed by atoms with Gasteiger partial charge in [0, 0.05) is 32.7 Å². The average molecular weight is 170 g/mol. The molecule has 1 aliphatic heterocycles. The van der Waals surface area contributed by atoms with Gasteiger partial charge in [0.25, 0.3) is 0 Å². The number of piperazine rings is 1. The molecular formula is C9H18N2O. The third-order valence-corrected chi connectivity index (χ3v) is 3.01. The van der Waals surface area contributed by atoms with E-state index >= 15 is 0 Å². The van der Waals surface area contributed by atoms with Crippen molar-refractivity contribution in [1.82, 2.24) is 10.2 Å². The predicted octanol–water partition coefficient (Wildman–Crippen LogP) is -0.193. The molecule has 2 N–H and O–H groups in total. The summed E-state index contributed by atoms with van der Waals surface area (Å²) in [7, 11) is 0. The van der Waals surface area contributed by atoms with Crippen LogP contribution in [-0.2, 0) is 0 Å². The molecule has 1 aliphatic carbocycles. The molecule has 0 unspecified atom stereocenters. The summed E-state index contributed by atoms with van der Waals surface area (Å²) < 4.78 is 0. The smallest absolute Gasteiger partial charge is 0.0774 e. The summed E-state index contributed by atoms with van der Waals surface area (Å²) in [5, 5.41) is 13.2. The van der Waals surface area contributed by atoms with Crippen molar-refractivity contribution in [3.63, 3.8) is 0 Å². The van der Waals surface area contributed by atoms with Crippen molar-refractivity contribution in [3.8, 4) is 0 Å². The first-order valence-electron chi connectivity index (χ1n) is 4.94. The van der Waals surface area contributed by atoms with Gasteiger partial charge in [0.1, 0.15) is 0 Å². The summed E-state index contributed by atoms with van der Waals surface area (Å²) in [6.07, 6.45) is 3.23. The molecule has 1 saturated carbocycles. The Morgan fingerprint density at radius 2 is 1.92 bits per heavy atom. The predicted molar refractivity (Wildman–Crippen MR) is 48.1 cm³/mol. The average Bonchev–Trinajstić information content (AvgIpc) is 2.04. The standard InChI is InChI=1S/C9H18N2O/c12-9(2-1-3-9)8-11-6-4-10-5-7-11/h10,12H,1-8H2. The molecule has 0 radical (unpaired) electrons. The number of hydrogen-bond donors (Lipinski definition) is 2. The lowest BCUT2D eigenvalue weighted by Crippen LogP contribution is -2.53. The number of rotatable bonds is 2. The van der Waals surface area contributed by atoms with E-state index in [-0.39, 0.29) is 5.60 Å². The van der Waals surface area contributed by atoms with Crippen molar-refractivity contribution >= 4 is 0 Å². The molecule has 0 atom stereocenters. The van der Waals surface area contributed by atoms with Crippen LogP contribution in [0, 0.1) is 0 Å². The fourth-order valence-electron chi connectivity index (χ4n) is 2.03. The molecule has 70 valence electrons. The quantitative estimate of drug-likeness (QED) is 0.603. The zero-order chi connectivity index (χ0) is 8.44. The van der Waals surface area contributed by atoms with Crippen LogP contribution in [0.1, 0.15) is 19.3 Å². The Hall–Kier alpha value is -0.120. The van der Waals surface area contributed by atoms with Gasteiger partial charge in [0.2, 0.25) is 0 Å². The lowest BCUT2D eigenvalue weighted by atomic mass is 9.80. The van der Waals surface area contributed by atoms with Crippen molar-refractivity contribution in [2.75, 3.05) is 32.7 Å². The van der Waals surface area contributed by atoms with E-state index in [9.17, 15) is 5.11 Å². The van der Waals surface area contributed by atoms with E-state index in [1.165, 1.54) is 6.42 Å². The Morgan fingerprint density at radius 3 is 2.42 bits per heavy atom. The molecule has 0 bridgehead atoms. The third kappa shape index (κ3) is 1.79. The van der Waals surface area contributed by atoms with Gasteiger partial charge in [-0.2, -0.15) is 0 Å². The normalized spacial score (nSPS) is 29.8. The van der Waals surface area contributed by atoms with Gasteiger partial charge in [-0.15, -0.1) is 0 Å². The molecule has 0 aromatic rings. The summed E-state index contributed by atoms with van der Waals surface area (Å²) in [4.78, 5) is 2.37. The van der Waals surface area contributed by atoms with Crippen LogP contribution in [0.3, 0.4) is 0 Å². The van der Waals surface area contributed by atoms with Gasteiger partial charge < -0.3 is 10.4 Å². The Labute approximate surface area is 73.8 Å². The van der Waals surface area contributed by atoms with Gasteiger partial charge in [-0.3, -0.25) is 4.90 Å². The fraction of sp³-hybridized carbons (Fsp3) is 1.00. The number of β-amino-alcohol motifs (C(OH)–C–C–N with tert-alkyl or cyclic N) is 1. The van der Waals surface area contributed by atoms with Gasteiger partial charge in [-0.1, -0.05) is 0 Å². The van der Waals surface area contributed by atoms with Gasteiger partial charge >= 0.3 is 0 Å². The molecule has 2 fully saturated rings. The Bertz CT molecular complexity index is 151. The Morgan fingerprint density at radius 1 is 1.25 bits per heavy atom. The molecular weight excluding hydrogens is 152 g/mol. The molecule has 0 spiro atoms. The summed E-state index contributed by atoms with van der Waals surface area (Å²) in [6.45, 7) is 5.26. The van der Waals surface area contributed by atoms with Crippen molar-refractivity contribution in [1.29, 1.82) is 0 Å². The highest BCUT2D eigenvalue weighted by Crippen LogP contribution is 2.32. The number of aliphatic hydroxyl groups is 1. The minimum absolute atomic E-state index is 0.322. The van der Waals surface area contributed by atoms with E-state index in [1.54, 1.807) is 0 Å². The first-order valence-corrected chi connectivity index (χ1v) is 4.94. The lowest BCUT2D eigenvalue weighted by Gasteiger charge is -2.41. The van der Waals surface area contributed by atoms with Crippen LogP contribution in [0.2, 0.25) is 0 Å². The fourth-order valence-corrected chi connectivity index (χ4v) is 2.03. The maximum absolute atomic E-state index is 9.90. The second-order valence-electron chi connectivity index (χ2n) is 4.10. The first-order chi connectivity index (χ1) is 5.79. The molecule has 3 heteroatoms. The Kier molecular flexibility index (Phi) is 2.35. The molecule has 1 saturated heterocycles. The van der Waals surface area contributed by atoms with Gasteiger partial charge in [-0.05, 0) is 19.3 Å². The number of nitrogens with one attached hydrogen (secondary N) is 1. The molecule has 0 amide bonds. The lowest BCUT2D eigenvalue weighted by molar-refractivity contribution is -0.0603. The summed E-state index contributed by atoms with van der Waals surface area (Å²) in [6, 6.07) is 0. The van der Waals surface area contributed by atoms with Crippen LogP contribution in [0.5, 0.6) is 0 Å². The maximum Gasteiger partial charge on any atom is 0.0774 e. The SMILES string of the molecule is OC1(CN2CCNCC2)CCC1. The molecule has 1 heterocycles. The highest BCUT2D eigenvalue weighted by Gasteiger charge is 2.36. The summed E-state index contributed by atoms with van der Waals surface area (Å²) >= 11 is 0. The molecule has 2 aliphatic rings. The highest BCUT2D eigenvalue weighted by atomic mass is 16.3. The molecule has 3 nitrogen and oxygen atoms in total. The third-order valence-electron chi connectivity index (χ3n) is 3.01. The van der Waals surface area contributed by atoms with Crippen LogP contribution in [0.25, 0.3) is 0 Å². The molecule has 2 rings (SSSR count). The first kappa shape index (κ1) is 8.48. The van der Waals surface area contributed by atoms with E-state index < -0.39 is 0 Å². The summed E-state index contributed by atoms with van der Waals surface area (Å²) in [5.41, 5.74) is -0.322. The topological polar surface area (TPSA) is 35.5 Å². The van der Waals surface area contributed by atoms with E-state index in [0.29, 0.717) is 0 Å². The van der Waals surface area contributed by atoms with E-state index in [1.807, 2.05) is 0 Å². The largest absolute Gasteiger partial charge is 0.389 e. The second-order valence-corrected chi connectivity index (χ2v) is 4.10. The second kappa shape index (κ2) is 3.32. The van der Waals surface area contributed by atoms with Gasteiger partial charge in [0.05, 0.1) is 5.60 Å². The zero-order valence-corrected chi connectivity index (χ0v) is 7.55. The monoisotopic (exact) mass is 170 g/mol. The minimum atomic E-state index is -0.322. The van der Waals surface area contributed by atoms with E-state index in [0.717, 1.165) is 45.6 Å². The molecule has 0 aromatic carbocycles. The Balaban J connectivity index is 1.77. The molecule has 0 aromatic heterocycles. The van der Waals surface area contributed by atoms with Crippen LogP contribution < -0.4 is 5.32 Å².